The Balaban J connectivity index is 1.91. The first-order valence-corrected chi connectivity index (χ1v) is 7.89. The minimum Gasteiger partial charge on any atom is -0.494 e. The minimum atomic E-state index is 0.459. The maximum atomic E-state index is 6.19. The van der Waals surface area contributed by atoms with Crippen molar-refractivity contribution in [1.82, 2.24) is 4.98 Å². The predicted octanol–water partition coefficient (Wildman–Crippen LogP) is 5.16. The van der Waals surface area contributed by atoms with E-state index >= 15 is 0 Å². The zero-order valence-corrected chi connectivity index (χ0v) is 12.7. The average Bonchev–Trinajstić information content (AvgIpc) is 3.23. The molecule has 0 N–H and O–H groups in total. The second-order valence-corrected chi connectivity index (χ2v) is 5.89. The molecule has 0 radical (unpaired) electrons. The first-order valence-electron chi connectivity index (χ1n) is 7.89. The number of benzene rings is 2. The Morgan fingerprint density at radius 1 is 1.05 bits per heavy atom. The van der Waals surface area contributed by atoms with Crippen LogP contribution >= 0.6 is 0 Å². The lowest BCUT2D eigenvalue weighted by Crippen LogP contribution is -1.91. The molecule has 0 amide bonds. The number of rotatable bonds is 3. The summed E-state index contributed by atoms with van der Waals surface area (Å²) in [5.41, 5.74) is 3.90. The molecule has 1 saturated carbocycles. The van der Waals surface area contributed by atoms with E-state index in [1.165, 1.54) is 25.7 Å². The SMILES string of the molecule is COc1ccc(-c2ccccc2)c2oc(C3CCCC3)nc12. The lowest BCUT2D eigenvalue weighted by atomic mass is 10.0. The van der Waals surface area contributed by atoms with Crippen LogP contribution in [0.4, 0.5) is 0 Å². The number of methoxy groups -OCH3 is 1. The van der Waals surface area contributed by atoms with E-state index in [-0.39, 0.29) is 0 Å². The Morgan fingerprint density at radius 3 is 2.55 bits per heavy atom. The molecular formula is C19H19NO2. The van der Waals surface area contributed by atoms with Crippen molar-refractivity contribution in [3.63, 3.8) is 0 Å². The topological polar surface area (TPSA) is 35.3 Å². The second kappa shape index (κ2) is 5.48. The smallest absolute Gasteiger partial charge is 0.198 e. The van der Waals surface area contributed by atoms with Crippen LogP contribution in [0.5, 0.6) is 5.75 Å². The van der Waals surface area contributed by atoms with Gasteiger partial charge in [-0.15, -0.1) is 0 Å². The van der Waals surface area contributed by atoms with Crippen molar-refractivity contribution in [3.8, 4) is 16.9 Å². The average molecular weight is 293 g/mol. The Bertz CT molecular complexity index is 786. The van der Waals surface area contributed by atoms with Crippen LogP contribution in [0.2, 0.25) is 0 Å². The van der Waals surface area contributed by atoms with E-state index in [0.717, 1.165) is 33.9 Å². The van der Waals surface area contributed by atoms with Crippen molar-refractivity contribution in [3.05, 3.63) is 48.4 Å². The van der Waals surface area contributed by atoms with E-state index in [1.54, 1.807) is 7.11 Å². The van der Waals surface area contributed by atoms with Crippen LogP contribution in [-0.4, -0.2) is 12.1 Å². The molecule has 1 aliphatic carbocycles. The molecule has 3 aromatic rings. The third kappa shape index (κ3) is 2.17. The summed E-state index contributed by atoms with van der Waals surface area (Å²) in [4.78, 5) is 4.76. The number of fused-ring (bicyclic) bond motifs is 1. The Kier molecular flexibility index (Phi) is 3.34. The quantitative estimate of drug-likeness (QED) is 0.669. The monoisotopic (exact) mass is 293 g/mol. The summed E-state index contributed by atoms with van der Waals surface area (Å²) in [5, 5.41) is 0. The summed E-state index contributed by atoms with van der Waals surface area (Å²) in [5.74, 6) is 2.11. The largest absolute Gasteiger partial charge is 0.494 e. The number of aromatic nitrogens is 1. The number of hydrogen-bond acceptors (Lipinski definition) is 3. The third-order valence-corrected chi connectivity index (χ3v) is 4.53. The molecule has 3 heteroatoms. The van der Waals surface area contributed by atoms with Crippen LogP contribution in [0.3, 0.4) is 0 Å². The van der Waals surface area contributed by atoms with Crippen LogP contribution in [0.15, 0.2) is 46.9 Å². The molecule has 0 aliphatic heterocycles. The van der Waals surface area contributed by atoms with Gasteiger partial charge in [-0.25, -0.2) is 4.98 Å². The van der Waals surface area contributed by atoms with Gasteiger partial charge in [0.05, 0.1) is 7.11 Å². The maximum absolute atomic E-state index is 6.19. The zero-order valence-electron chi connectivity index (χ0n) is 12.7. The van der Waals surface area contributed by atoms with E-state index in [2.05, 4.69) is 18.2 Å². The van der Waals surface area contributed by atoms with Gasteiger partial charge in [0, 0.05) is 11.5 Å². The van der Waals surface area contributed by atoms with Crippen LogP contribution in [0.25, 0.3) is 22.2 Å². The number of hydrogen-bond donors (Lipinski definition) is 0. The standard InChI is InChI=1S/C19H19NO2/c1-21-16-12-11-15(13-7-3-2-4-8-13)18-17(16)20-19(22-18)14-9-5-6-10-14/h2-4,7-8,11-12,14H,5-6,9-10H2,1H3. The van der Waals surface area contributed by atoms with Crippen molar-refractivity contribution in [2.24, 2.45) is 0 Å². The van der Waals surface area contributed by atoms with Gasteiger partial charge in [0.2, 0.25) is 0 Å². The highest BCUT2D eigenvalue weighted by Crippen LogP contribution is 2.40. The molecular weight excluding hydrogens is 274 g/mol. The van der Waals surface area contributed by atoms with Crippen LogP contribution in [0.1, 0.15) is 37.5 Å². The minimum absolute atomic E-state index is 0.459. The summed E-state index contributed by atoms with van der Waals surface area (Å²) < 4.78 is 11.7. The van der Waals surface area contributed by atoms with Crippen LogP contribution in [0, 0.1) is 0 Å². The first-order chi connectivity index (χ1) is 10.9. The van der Waals surface area contributed by atoms with Gasteiger partial charge in [0.25, 0.3) is 0 Å². The lowest BCUT2D eigenvalue weighted by Gasteiger charge is -2.05. The van der Waals surface area contributed by atoms with Crippen molar-refractivity contribution in [2.75, 3.05) is 7.11 Å². The molecule has 0 unspecified atom stereocenters. The van der Waals surface area contributed by atoms with Gasteiger partial charge in [-0.05, 0) is 30.5 Å². The summed E-state index contributed by atoms with van der Waals surface area (Å²) in [7, 11) is 1.68. The van der Waals surface area contributed by atoms with Crippen LogP contribution in [-0.2, 0) is 0 Å². The molecule has 0 bridgehead atoms. The normalized spacial score (nSPS) is 15.5. The molecule has 1 heterocycles. The summed E-state index contributed by atoms with van der Waals surface area (Å²) >= 11 is 0. The van der Waals surface area contributed by atoms with E-state index < -0.39 is 0 Å². The first kappa shape index (κ1) is 13.4. The molecule has 1 aromatic heterocycles. The van der Waals surface area contributed by atoms with Crippen LogP contribution < -0.4 is 4.74 Å². The third-order valence-electron chi connectivity index (χ3n) is 4.53. The summed E-state index contributed by atoms with van der Waals surface area (Å²) in [6.45, 7) is 0. The number of ether oxygens (including phenoxy) is 1. The maximum Gasteiger partial charge on any atom is 0.198 e. The molecule has 0 saturated heterocycles. The van der Waals surface area contributed by atoms with Gasteiger partial charge in [-0.2, -0.15) is 0 Å². The molecule has 112 valence electrons. The molecule has 1 fully saturated rings. The van der Waals surface area contributed by atoms with Gasteiger partial charge in [0.1, 0.15) is 5.75 Å². The number of oxazole rings is 1. The number of nitrogens with zero attached hydrogens (tertiary/aromatic N) is 1. The van der Waals surface area contributed by atoms with E-state index in [1.807, 2.05) is 24.3 Å². The van der Waals surface area contributed by atoms with Gasteiger partial charge >= 0.3 is 0 Å². The molecule has 2 aromatic carbocycles. The summed E-state index contributed by atoms with van der Waals surface area (Å²) in [6.07, 6.45) is 4.89. The fourth-order valence-electron chi connectivity index (χ4n) is 3.36. The second-order valence-electron chi connectivity index (χ2n) is 5.89. The van der Waals surface area contributed by atoms with Gasteiger partial charge in [0.15, 0.2) is 17.0 Å². The van der Waals surface area contributed by atoms with E-state index in [0.29, 0.717) is 5.92 Å². The highest BCUT2D eigenvalue weighted by Gasteiger charge is 2.24. The van der Waals surface area contributed by atoms with E-state index in [9.17, 15) is 0 Å². The van der Waals surface area contributed by atoms with Gasteiger partial charge < -0.3 is 9.15 Å². The molecule has 0 spiro atoms. The Morgan fingerprint density at radius 2 is 1.82 bits per heavy atom. The highest BCUT2D eigenvalue weighted by molar-refractivity contribution is 5.94. The fraction of sp³-hybridized carbons (Fsp3) is 0.316. The lowest BCUT2D eigenvalue weighted by molar-refractivity contribution is 0.419. The highest BCUT2D eigenvalue weighted by atomic mass is 16.5. The van der Waals surface area contributed by atoms with Gasteiger partial charge in [-0.1, -0.05) is 43.2 Å². The molecule has 3 nitrogen and oxygen atoms in total. The molecule has 1 aliphatic rings. The van der Waals surface area contributed by atoms with Crippen molar-refractivity contribution in [1.29, 1.82) is 0 Å². The zero-order chi connectivity index (χ0) is 14.9. The van der Waals surface area contributed by atoms with E-state index in [4.69, 9.17) is 14.1 Å². The van der Waals surface area contributed by atoms with Crippen molar-refractivity contribution < 1.29 is 9.15 Å². The van der Waals surface area contributed by atoms with Crippen molar-refractivity contribution in [2.45, 2.75) is 31.6 Å². The fourth-order valence-corrected chi connectivity index (χ4v) is 3.36. The molecule has 22 heavy (non-hydrogen) atoms. The Labute approximate surface area is 129 Å². The molecule has 4 rings (SSSR count). The van der Waals surface area contributed by atoms with Crippen molar-refractivity contribution >= 4 is 11.1 Å². The predicted molar refractivity (Wildman–Crippen MR) is 87.2 cm³/mol. The summed E-state index contributed by atoms with van der Waals surface area (Å²) in [6, 6.07) is 14.3. The Hall–Kier alpha value is -2.29. The molecule has 0 atom stereocenters. The van der Waals surface area contributed by atoms with Gasteiger partial charge in [-0.3, -0.25) is 0 Å².